The van der Waals surface area contributed by atoms with Crippen LogP contribution in [0.1, 0.15) is 30.7 Å². The third-order valence-corrected chi connectivity index (χ3v) is 5.19. The number of nitrogens with one attached hydrogen (secondary N) is 2. The summed E-state index contributed by atoms with van der Waals surface area (Å²) in [6.45, 7) is 3.91. The predicted octanol–water partition coefficient (Wildman–Crippen LogP) is 1.65. The van der Waals surface area contributed by atoms with E-state index in [0.29, 0.717) is 18.9 Å². The second-order valence-electron chi connectivity index (χ2n) is 6.73. The number of carbonyl (C=O) groups excluding carboxylic acids is 1. The zero-order valence-electron chi connectivity index (χ0n) is 13.8. The fraction of sp³-hybridized carbons (Fsp3) is 0.556. The molecule has 2 N–H and O–H groups in total. The standard InChI is InChI=1S/C18H24N4O2/c23-17(10-14-12-24-9-6-19-14)22-7-3-13(4-8-22)16-11-21-18-15(16)2-1-5-20-18/h1-2,5,11,13-14,19H,3-4,6-10,12H2,(H,20,21). The van der Waals surface area contributed by atoms with Gasteiger partial charge >= 0.3 is 0 Å². The number of piperidine rings is 1. The average molecular weight is 328 g/mol. The van der Waals surface area contributed by atoms with Gasteiger partial charge in [-0.15, -0.1) is 0 Å². The molecule has 4 heterocycles. The van der Waals surface area contributed by atoms with Gasteiger partial charge in [-0.05, 0) is 36.5 Å². The second kappa shape index (κ2) is 6.91. The lowest BCUT2D eigenvalue weighted by atomic mass is 9.89. The van der Waals surface area contributed by atoms with Crippen LogP contribution in [0.15, 0.2) is 24.5 Å². The molecule has 6 heteroatoms. The molecule has 0 radical (unpaired) electrons. The molecule has 1 unspecified atom stereocenters. The maximum absolute atomic E-state index is 12.5. The summed E-state index contributed by atoms with van der Waals surface area (Å²) in [5, 5.41) is 4.57. The SMILES string of the molecule is O=C(CC1COCCN1)N1CCC(c2c[nH]c3ncccc23)CC1. The number of carbonyl (C=O) groups is 1. The summed E-state index contributed by atoms with van der Waals surface area (Å²) in [4.78, 5) is 22.1. The summed E-state index contributed by atoms with van der Waals surface area (Å²) in [5.41, 5.74) is 2.29. The van der Waals surface area contributed by atoms with Crippen LogP contribution in [0.25, 0.3) is 11.0 Å². The quantitative estimate of drug-likeness (QED) is 0.899. The molecule has 24 heavy (non-hydrogen) atoms. The van der Waals surface area contributed by atoms with Crippen molar-refractivity contribution in [3.05, 3.63) is 30.1 Å². The molecule has 2 aliphatic heterocycles. The number of likely N-dealkylation sites (tertiary alicyclic amines) is 1. The van der Waals surface area contributed by atoms with E-state index in [4.69, 9.17) is 4.74 Å². The van der Waals surface area contributed by atoms with E-state index in [1.165, 1.54) is 10.9 Å². The number of hydrogen-bond donors (Lipinski definition) is 2. The minimum absolute atomic E-state index is 0.170. The maximum Gasteiger partial charge on any atom is 0.224 e. The molecule has 128 valence electrons. The number of pyridine rings is 1. The Morgan fingerprint density at radius 2 is 2.25 bits per heavy atom. The molecule has 0 aromatic carbocycles. The number of nitrogens with zero attached hydrogens (tertiary/aromatic N) is 2. The van der Waals surface area contributed by atoms with Crippen LogP contribution < -0.4 is 5.32 Å². The third kappa shape index (κ3) is 3.16. The molecule has 2 fully saturated rings. The number of rotatable bonds is 3. The van der Waals surface area contributed by atoms with Crippen molar-refractivity contribution < 1.29 is 9.53 Å². The van der Waals surface area contributed by atoms with Crippen LogP contribution >= 0.6 is 0 Å². The molecule has 1 atom stereocenters. The molecule has 2 aromatic rings. The molecular formula is C18H24N4O2. The van der Waals surface area contributed by atoms with Crippen LogP contribution in [0.2, 0.25) is 0 Å². The minimum atomic E-state index is 0.170. The van der Waals surface area contributed by atoms with Gasteiger partial charge in [0, 0.05) is 49.9 Å². The van der Waals surface area contributed by atoms with Crippen LogP contribution in [0, 0.1) is 0 Å². The summed E-state index contributed by atoms with van der Waals surface area (Å²) in [7, 11) is 0. The van der Waals surface area contributed by atoms with Gasteiger partial charge in [0.15, 0.2) is 0 Å². The van der Waals surface area contributed by atoms with Crippen molar-refractivity contribution in [2.75, 3.05) is 32.8 Å². The number of aromatic nitrogens is 2. The molecule has 2 aromatic heterocycles. The van der Waals surface area contributed by atoms with E-state index in [2.05, 4.69) is 27.5 Å². The highest BCUT2D eigenvalue weighted by Crippen LogP contribution is 2.32. The van der Waals surface area contributed by atoms with E-state index in [9.17, 15) is 4.79 Å². The molecule has 0 spiro atoms. The van der Waals surface area contributed by atoms with Crippen molar-refractivity contribution in [2.24, 2.45) is 0 Å². The van der Waals surface area contributed by atoms with Gasteiger partial charge in [0.05, 0.1) is 13.2 Å². The number of amides is 1. The van der Waals surface area contributed by atoms with Gasteiger partial charge in [-0.1, -0.05) is 0 Å². The van der Waals surface area contributed by atoms with E-state index in [0.717, 1.165) is 44.7 Å². The van der Waals surface area contributed by atoms with Crippen LogP contribution in [-0.2, 0) is 9.53 Å². The number of aromatic amines is 1. The van der Waals surface area contributed by atoms with Crippen molar-refractivity contribution in [2.45, 2.75) is 31.2 Å². The molecule has 0 aliphatic carbocycles. The van der Waals surface area contributed by atoms with Gasteiger partial charge in [-0.3, -0.25) is 4.79 Å². The highest BCUT2D eigenvalue weighted by atomic mass is 16.5. The first-order valence-electron chi connectivity index (χ1n) is 8.82. The fourth-order valence-electron chi connectivity index (χ4n) is 3.85. The Kier molecular flexibility index (Phi) is 4.49. The molecule has 1 amide bonds. The van der Waals surface area contributed by atoms with E-state index in [1.54, 1.807) is 0 Å². The Bertz CT molecular complexity index is 700. The zero-order chi connectivity index (χ0) is 16.4. The molecule has 2 saturated heterocycles. The summed E-state index contributed by atoms with van der Waals surface area (Å²) >= 11 is 0. The van der Waals surface area contributed by atoms with Gasteiger partial charge in [0.25, 0.3) is 0 Å². The molecule has 0 bridgehead atoms. The number of ether oxygens (including phenoxy) is 1. The Labute approximate surface area is 141 Å². The van der Waals surface area contributed by atoms with Gasteiger partial charge in [-0.25, -0.2) is 4.98 Å². The van der Waals surface area contributed by atoms with Crippen molar-refractivity contribution in [1.82, 2.24) is 20.2 Å². The van der Waals surface area contributed by atoms with Crippen LogP contribution in [0.4, 0.5) is 0 Å². The van der Waals surface area contributed by atoms with Crippen molar-refractivity contribution >= 4 is 16.9 Å². The Hall–Kier alpha value is -1.92. The molecule has 4 rings (SSSR count). The van der Waals surface area contributed by atoms with Crippen molar-refractivity contribution in [1.29, 1.82) is 0 Å². The van der Waals surface area contributed by atoms with Gasteiger partial charge in [0.1, 0.15) is 5.65 Å². The van der Waals surface area contributed by atoms with Gasteiger partial charge in [-0.2, -0.15) is 0 Å². The normalized spacial score (nSPS) is 22.8. The van der Waals surface area contributed by atoms with Crippen LogP contribution in [0.3, 0.4) is 0 Å². The number of hydrogen-bond acceptors (Lipinski definition) is 4. The fourth-order valence-corrected chi connectivity index (χ4v) is 3.85. The maximum atomic E-state index is 12.5. The topological polar surface area (TPSA) is 70.2 Å². The average Bonchev–Trinajstić information content (AvgIpc) is 3.07. The van der Waals surface area contributed by atoms with E-state index in [1.807, 2.05) is 17.2 Å². The van der Waals surface area contributed by atoms with Gasteiger partial charge < -0.3 is 19.9 Å². The lowest BCUT2D eigenvalue weighted by molar-refractivity contribution is -0.133. The zero-order valence-corrected chi connectivity index (χ0v) is 13.8. The largest absolute Gasteiger partial charge is 0.378 e. The highest BCUT2D eigenvalue weighted by Gasteiger charge is 2.27. The van der Waals surface area contributed by atoms with Gasteiger partial charge in [0.2, 0.25) is 5.91 Å². The second-order valence-corrected chi connectivity index (χ2v) is 6.73. The van der Waals surface area contributed by atoms with Crippen molar-refractivity contribution in [3.8, 4) is 0 Å². The lowest BCUT2D eigenvalue weighted by Crippen LogP contribution is -2.46. The predicted molar refractivity (Wildman–Crippen MR) is 91.9 cm³/mol. The first-order valence-corrected chi connectivity index (χ1v) is 8.82. The number of morpholine rings is 1. The lowest BCUT2D eigenvalue weighted by Gasteiger charge is -2.33. The van der Waals surface area contributed by atoms with Crippen molar-refractivity contribution in [3.63, 3.8) is 0 Å². The van der Waals surface area contributed by atoms with E-state index >= 15 is 0 Å². The Morgan fingerprint density at radius 1 is 1.38 bits per heavy atom. The Balaban J connectivity index is 1.35. The van der Waals surface area contributed by atoms with Crippen LogP contribution in [0.5, 0.6) is 0 Å². The third-order valence-electron chi connectivity index (χ3n) is 5.19. The summed E-state index contributed by atoms with van der Waals surface area (Å²) < 4.78 is 5.43. The first kappa shape index (κ1) is 15.6. The van der Waals surface area contributed by atoms with Crippen LogP contribution in [-0.4, -0.2) is 59.7 Å². The summed E-state index contributed by atoms with van der Waals surface area (Å²) in [5.74, 6) is 0.750. The van der Waals surface area contributed by atoms with E-state index < -0.39 is 0 Å². The minimum Gasteiger partial charge on any atom is -0.378 e. The monoisotopic (exact) mass is 328 g/mol. The molecule has 0 saturated carbocycles. The summed E-state index contributed by atoms with van der Waals surface area (Å²) in [6.07, 6.45) is 6.47. The number of H-pyrrole nitrogens is 1. The van der Waals surface area contributed by atoms with E-state index in [-0.39, 0.29) is 11.9 Å². The molecular weight excluding hydrogens is 304 g/mol. The smallest absolute Gasteiger partial charge is 0.224 e. The molecule has 6 nitrogen and oxygen atoms in total. The summed E-state index contributed by atoms with van der Waals surface area (Å²) in [6, 6.07) is 4.28. The Morgan fingerprint density at radius 3 is 3.04 bits per heavy atom. The first-order chi connectivity index (χ1) is 11.8. The molecule has 2 aliphatic rings. The number of fused-ring (bicyclic) bond motifs is 1. The highest BCUT2D eigenvalue weighted by molar-refractivity contribution is 5.80.